The van der Waals surface area contributed by atoms with Crippen LogP contribution in [0.3, 0.4) is 0 Å². The monoisotopic (exact) mass is 418 g/mol. The number of hydrogen-bond donors (Lipinski definition) is 3. The highest BCUT2D eigenvalue weighted by Crippen LogP contribution is 2.27. The number of nitrogens with zero attached hydrogens (tertiary/aromatic N) is 3. The van der Waals surface area contributed by atoms with Crippen LogP contribution in [0.2, 0.25) is 0 Å². The van der Waals surface area contributed by atoms with E-state index < -0.39 is 0 Å². The maximum absolute atomic E-state index is 13.0. The van der Waals surface area contributed by atoms with Gasteiger partial charge in [-0.25, -0.2) is 9.97 Å². The SMILES string of the molecule is NC1CCCCC1Nc1ncc2scc(C(=O)Nc3ccc4ncccc4c3)c2n1. The molecule has 7 nitrogen and oxygen atoms in total. The van der Waals surface area contributed by atoms with E-state index in [1.54, 1.807) is 12.4 Å². The number of fused-ring (bicyclic) bond motifs is 2. The first-order valence-electron chi connectivity index (χ1n) is 10.1. The summed E-state index contributed by atoms with van der Waals surface area (Å²) in [6.07, 6.45) is 7.86. The fourth-order valence-electron chi connectivity index (χ4n) is 3.92. The largest absolute Gasteiger partial charge is 0.350 e. The third-order valence-electron chi connectivity index (χ3n) is 5.55. The summed E-state index contributed by atoms with van der Waals surface area (Å²) in [5.41, 5.74) is 9.05. The Labute approximate surface area is 177 Å². The predicted molar refractivity (Wildman–Crippen MR) is 121 cm³/mol. The molecule has 1 aliphatic rings. The number of amides is 1. The fourth-order valence-corrected chi connectivity index (χ4v) is 4.76. The van der Waals surface area contributed by atoms with E-state index in [1.165, 1.54) is 17.8 Å². The lowest BCUT2D eigenvalue weighted by atomic mass is 9.91. The number of aromatic nitrogens is 3. The van der Waals surface area contributed by atoms with Gasteiger partial charge in [-0.3, -0.25) is 9.78 Å². The molecule has 4 aromatic rings. The summed E-state index contributed by atoms with van der Waals surface area (Å²) in [4.78, 5) is 26.3. The van der Waals surface area contributed by atoms with Crippen LogP contribution in [0.1, 0.15) is 36.0 Å². The molecule has 1 aliphatic carbocycles. The number of carbonyl (C=O) groups excluding carboxylic acids is 1. The molecule has 152 valence electrons. The molecule has 3 aromatic heterocycles. The minimum absolute atomic E-state index is 0.102. The van der Waals surface area contributed by atoms with Crippen LogP contribution in [-0.4, -0.2) is 32.9 Å². The summed E-state index contributed by atoms with van der Waals surface area (Å²) in [7, 11) is 0. The normalized spacial score (nSPS) is 19.1. The number of benzene rings is 1. The third kappa shape index (κ3) is 3.71. The summed E-state index contributed by atoms with van der Waals surface area (Å²) in [6, 6.07) is 9.79. The number of nitrogens with one attached hydrogen (secondary N) is 2. The number of rotatable bonds is 4. The van der Waals surface area contributed by atoms with Crippen LogP contribution in [0.15, 0.2) is 48.1 Å². The van der Waals surface area contributed by atoms with Gasteiger partial charge in [-0.15, -0.1) is 11.3 Å². The van der Waals surface area contributed by atoms with Crippen molar-refractivity contribution in [1.29, 1.82) is 0 Å². The van der Waals surface area contributed by atoms with Crippen molar-refractivity contribution in [2.75, 3.05) is 10.6 Å². The Morgan fingerprint density at radius 2 is 2.07 bits per heavy atom. The lowest BCUT2D eigenvalue weighted by Gasteiger charge is -2.29. The molecule has 1 fully saturated rings. The van der Waals surface area contributed by atoms with E-state index in [9.17, 15) is 4.79 Å². The van der Waals surface area contributed by atoms with E-state index in [-0.39, 0.29) is 18.0 Å². The molecule has 4 N–H and O–H groups in total. The second kappa shape index (κ2) is 7.97. The topological polar surface area (TPSA) is 106 Å². The molecule has 0 aliphatic heterocycles. The summed E-state index contributed by atoms with van der Waals surface area (Å²) in [5, 5.41) is 9.14. The van der Waals surface area contributed by atoms with Crippen LogP contribution in [0.5, 0.6) is 0 Å². The number of pyridine rings is 1. The molecule has 2 unspecified atom stereocenters. The van der Waals surface area contributed by atoms with E-state index in [4.69, 9.17) is 5.73 Å². The smallest absolute Gasteiger partial charge is 0.258 e. The van der Waals surface area contributed by atoms with Gasteiger partial charge in [0.2, 0.25) is 5.95 Å². The van der Waals surface area contributed by atoms with Crippen molar-refractivity contribution in [2.45, 2.75) is 37.8 Å². The van der Waals surface area contributed by atoms with Crippen molar-refractivity contribution < 1.29 is 4.79 Å². The van der Waals surface area contributed by atoms with Crippen molar-refractivity contribution in [2.24, 2.45) is 5.73 Å². The molecule has 0 saturated heterocycles. The minimum atomic E-state index is -0.191. The Morgan fingerprint density at radius 3 is 2.97 bits per heavy atom. The number of anilines is 2. The van der Waals surface area contributed by atoms with Gasteiger partial charge in [0, 0.05) is 34.7 Å². The first-order valence-corrected chi connectivity index (χ1v) is 11.0. The Kier molecular flexibility index (Phi) is 5.02. The highest BCUT2D eigenvalue weighted by Gasteiger charge is 2.23. The molecule has 30 heavy (non-hydrogen) atoms. The van der Waals surface area contributed by atoms with Crippen LogP contribution >= 0.6 is 11.3 Å². The van der Waals surface area contributed by atoms with E-state index >= 15 is 0 Å². The second-order valence-electron chi connectivity index (χ2n) is 7.62. The van der Waals surface area contributed by atoms with Crippen LogP contribution in [-0.2, 0) is 0 Å². The molecule has 2 atom stereocenters. The summed E-state index contributed by atoms with van der Waals surface area (Å²) >= 11 is 1.46. The van der Waals surface area contributed by atoms with E-state index in [1.807, 2.05) is 35.7 Å². The van der Waals surface area contributed by atoms with Crippen molar-refractivity contribution in [3.63, 3.8) is 0 Å². The Balaban J connectivity index is 1.39. The van der Waals surface area contributed by atoms with Crippen LogP contribution in [0.4, 0.5) is 11.6 Å². The second-order valence-corrected chi connectivity index (χ2v) is 8.53. The van der Waals surface area contributed by atoms with Crippen LogP contribution in [0, 0.1) is 0 Å². The van der Waals surface area contributed by atoms with Gasteiger partial charge in [0.25, 0.3) is 5.91 Å². The Bertz CT molecular complexity index is 1220. The quantitative estimate of drug-likeness (QED) is 0.459. The molecule has 1 amide bonds. The first-order chi connectivity index (χ1) is 14.7. The Hall–Kier alpha value is -3.10. The minimum Gasteiger partial charge on any atom is -0.350 e. The summed E-state index contributed by atoms with van der Waals surface area (Å²) in [5.74, 6) is 0.331. The molecular weight excluding hydrogens is 396 g/mol. The van der Waals surface area contributed by atoms with Gasteiger partial charge in [-0.1, -0.05) is 18.9 Å². The number of nitrogens with two attached hydrogens (primary N) is 1. The number of thiophene rings is 1. The molecule has 5 rings (SSSR count). The highest BCUT2D eigenvalue weighted by molar-refractivity contribution is 7.17. The van der Waals surface area contributed by atoms with Gasteiger partial charge >= 0.3 is 0 Å². The zero-order chi connectivity index (χ0) is 20.5. The zero-order valence-electron chi connectivity index (χ0n) is 16.3. The molecule has 8 heteroatoms. The van der Waals surface area contributed by atoms with E-state index in [0.29, 0.717) is 17.0 Å². The molecule has 1 aromatic carbocycles. The highest BCUT2D eigenvalue weighted by atomic mass is 32.1. The van der Waals surface area contributed by atoms with Gasteiger partial charge in [0.05, 0.1) is 27.5 Å². The fraction of sp³-hybridized carbons (Fsp3) is 0.273. The lowest BCUT2D eigenvalue weighted by Crippen LogP contribution is -2.42. The average molecular weight is 419 g/mol. The molecule has 0 spiro atoms. The molecule has 3 heterocycles. The van der Waals surface area contributed by atoms with Crippen LogP contribution < -0.4 is 16.4 Å². The Morgan fingerprint density at radius 1 is 1.17 bits per heavy atom. The summed E-state index contributed by atoms with van der Waals surface area (Å²) < 4.78 is 0.876. The van der Waals surface area contributed by atoms with Gasteiger partial charge in [0.1, 0.15) is 0 Å². The lowest BCUT2D eigenvalue weighted by molar-refractivity contribution is 0.102. The number of hydrogen-bond acceptors (Lipinski definition) is 7. The number of carbonyl (C=O) groups is 1. The standard InChI is InChI=1S/C22H22N6OS/c23-16-5-1-2-6-18(16)27-22-25-11-19-20(28-22)15(12-30-19)21(29)26-14-7-8-17-13(10-14)4-3-9-24-17/h3-4,7-12,16,18H,1-2,5-6,23H2,(H,26,29)(H,25,27,28). The summed E-state index contributed by atoms with van der Waals surface area (Å²) in [6.45, 7) is 0. The maximum Gasteiger partial charge on any atom is 0.258 e. The van der Waals surface area contributed by atoms with Crippen molar-refractivity contribution in [3.05, 3.63) is 53.7 Å². The third-order valence-corrected chi connectivity index (χ3v) is 6.46. The average Bonchev–Trinajstić information content (AvgIpc) is 3.19. The van der Waals surface area contributed by atoms with Gasteiger partial charge in [-0.2, -0.15) is 0 Å². The van der Waals surface area contributed by atoms with Gasteiger partial charge < -0.3 is 16.4 Å². The van der Waals surface area contributed by atoms with E-state index in [2.05, 4.69) is 25.6 Å². The molecule has 0 bridgehead atoms. The van der Waals surface area contributed by atoms with Crippen molar-refractivity contribution in [1.82, 2.24) is 15.0 Å². The van der Waals surface area contributed by atoms with Crippen molar-refractivity contribution >= 4 is 50.0 Å². The van der Waals surface area contributed by atoms with E-state index in [0.717, 1.165) is 40.6 Å². The first kappa shape index (κ1) is 18.9. The zero-order valence-corrected chi connectivity index (χ0v) is 17.2. The van der Waals surface area contributed by atoms with Crippen LogP contribution in [0.25, 0.3) is 21.1 Å². The molecule has 1 saturated carbocycles. The predicted octanol–water partition coefficient (Wildman–Crippen LogP) is 4.17. The van der Waals surface area contributed by atoms with Crippen molar-refractivity contribution in [3.8, 4) is 0 Å². The maximum atomic E-state index is 13.0. The molecular formula is C22H22N6OS. The van der Waals surface area contributed by atoms with Gasteiger partial charge in [0.15, 0.2) is 0 Å². The van der Waals surface area contributed by atoms with Gasteiger partial charge in [-0.05, 0) is 37.1 Å². The molecule has 0 radical (unpaired) electrons.